The van der Waals surface area contributed by atoms with Gasteiger partial charge in [0.1, 0.15) is 5.82 Å². The molecule has 0 aromatic carbocycles. The van der Waals surface area contributed by atoms with Crippen molar-refractivity contribution in [2.75, 3.05) is 24.7 Å². The lowest BCUT2D eigenvalue weighted by atomic mass is 10.3. The Bertz CT molecular complexity index is 611. The summed E-state index contributed by atoms with van der Waals surface area (Å²) in [6.07, 6.45) is 0.532. The van der Waals surface area contributed by atoms with Gasteiger partial charge in [0.15, 0.2) is 11.5 Å². The predicted octanol–water partition coefficient (Wildman–Crippen LogP) is 0.796. The lowest BCUT2D eigenvalue weighted by Crippen LogP contribution is -2.12. The molecule has 2 rings (SSSR count). The molecular weight excluding hydrogens is 262 g/mol. The van der Waals surface area contributed by atoms with E-state index < -0.39 is 5.97 Å². The number of nitrogens with zero attached hydrogens (tertiary/aromatic N) is 3. The number of esters is 1. The lowest BCUT2D eigenvalue weighted by molar-refractivity contribution is 0.0594. The molecular formula is C12H15N5O3. The summed E-state index contributed by atoms with van der Waals surface area (Å²) in [6.45, 7) is 2.25. The van der Waals surface area contributed by atoms with E-state index in [2.05, 4.69) is 25.2 Å². The molecule has 106 valence electrons. The number of nitrogens with one attached hydrogen (secondary N) is 1. The van der Waals surface area contributed by atoms with Crippen LogP contribution >= 0.6 is 0 Å². The summed E-state index contributed by atoms with van der Waals surface area (Å²) in [5, 5.41) is 6.71. The fourth-order valence-electron chi connectivity index (χ4n) is 1.56. The Balaban J connectivity index is 1.99. The lowest BCUT2D eigenvalue weighted by Gasteiger charge is -2.08. The molecule has 0 fully saturated rings. The smallest absolute Gasteiger partial charge is 0.356 e. The summed E-state index contributed by atoms with van der Waals surface area (Å²) in [7, 11) is 1.30. The van der Waals surface area contributed by atoms with Gasteiger partial charge in [0.25, 0.3) is 0 Å². The maximum absolute atomic E-state index is 11.4. The van der Waals surface area contributed by atoms with Crippen molar-refractivity contribution in [3.05, 3.63) is 29.5 Å². The second-order valence-corrected chi connectivity index (χ2v) is 4.04. The van der Waals surface area contributed by atoms with Gasteiger partial charge < -0.3 is 20.3 Å². The minimum atomic E-state index is -0.513. The molecule has 8 heteroatoms. The van der Waals surface area contributed by atoms with Crippen LogP contribution < -0.4 is 11.1 Å². The van der Waals surface area contributed by atoms with Gasteiger partial charge in [0.05, 0.1) is 12.8 Å². The molecule has 0 spiro atoms. The first-order valence-corrected chi connectivity index (χ1v) is 5.98. The number of methoxy groups -OCH3 is 1. The first-order valence-electron chi connectivity index (χ1n) is 5.98. The van der Waals surface area contributed by atoms with E-state index in [9.17, 15) is 4.79 Å². The third-order valence-electron chi connectivity index (χ3n) is 2.52. The van der Waals surface area contributed by atoms with Gasteiger partial charge in [-0.1, -0.05) is 5.16 Å². The zero-order valence-electron chi connectivity index (χ0n) is 11.2. The number of rotatable bonds is 5. The maximum Gasteiger partial charge on any atom is 0.356 e. The second kappa shape index (κ2) is 6.00. The molecule has 0 amide bonds. The highest BCUT2D eigenvalue weighted by Gasteiger charge is 2.10. The van der Waals surface area contributed by atoms with Crippen molar-refractivity contribution >= 4 is 17.5 Å². The normalized spacial score (nSPS) is 10.3. The number of carbonyl (C=O) groups is 1. The summed E-state index contributed by atoms with van der Waals surface area (Å²) >= 11 is 0. The van der Waals surface area contributed by atoms with Crippen LogP contribution in [0.1, 0.15) is 22.2 Å². The van der Waals surface area contributed by atoms with Gasteiger partial charge in [0.2, 0.25) is 5.89 Å². The summed E-state index contributed by atoms with van der Waals surface area (Å²) in [4.78, 5) is 19.6. The highest BCUT2D eigenvalue weighted by molar-refractivity contribution is 5.88. The largest absolute Gasteiger partial charge is 0.464 e. The van der Waals surface area contributed by atoms with Gasteiger partial charge in [-0.05, 0) is 19.1 Å². The highest BCUT2D eigenvalue weighted by Crippen LogP contribution is 2.16. The van der Waals surface area contributed by atoms with Gasteiger partial charge in [-0.3, -0.25) is 0 Å². The van der Waals surface area contributed by atoms with Crippen LogP contribution in [0.25, 0.3) is 0 Å². The Morgan fingerprint density at radius 1 is 1.45 bits per heavy atom. The molecule has 0 saturated carbocycles. The Kier molecular flexibility index (Phi) is 4.14. The topological polar surface area (TPSA) is 116 Å². The minimum absolute atomic E-state index is 0.192. The van der Waals surface area contributed by atoms with Gasteiger partial charge in [-0.25, -0.2) is 9.78 Å². The zero-order valence-corrected chi connectivity index (χ0v) is 11.2. The average molecular weight is 277 g/mol. The zero-order chi connectivity index (χ0) is 14.5. The quantitative estimate of drug-likeness (QED) is 0.771. The monoisotopic (exact) mass is 277 g/mol. The van der Waals surface area contributed by atoms with Crippen molar-refractivity contribution in [2.24, 2.45) is 0 Å². The minimum Gasteiger partial charge on any atom is -0.464 e. The van der Waals surface area contributed by atoms with Crippen LogP contribution in [-0.2, 0) is 11.2 Å². The van der Waals surface area contributed by atoms with Crippen molar-refractivity contribution in [1.29, 1.82) is 0 Å². The van der Waals surface area contributed by atoms with E-state index in [1.165, 1.54) is 13.2 Å². The summed E-state index contributed by atoms with van der Waals surface area (Å²) in [6, 6.07) is 3.10. The number of hydrogen-bond donors (Lipinski definition) is 2. The van der Waals surface area contributed by atoms with Crippen molar-refractivity contribution in [3.8, 4) is 0 Å². The van der Waals surface area contributed by atoms with Crippen LogP contribution in [0.15, 0.2) is 16.7 Å². The summed E-state index contributed by atoms with van der Waals surface area (Å²) < 4.78 is 9.59. The molecule has 0 bridgehead atoms. The van der Waals surface area contributed by atoms with Gasteiger partial charge >= 0.3 is 5.97 Å². The average Bonchev–Trinajstić information content (AvgIpc) is 2.85. The molecule has 20 heavy (non-hydrogen) atoms. The maximum atomic E-state index is 11.4. The molecule has 0 unspecified atom stereocenters. The van der Waals surface area contributed by atoms with Crippen molar-refractivity contribution in [1.82, 2.24) is 15.1 Å². The molecule has 8 nitrogen and oxygen atoms in total. The number of nitrogens with two attached hydrogens (primary N) is 1. The molecule has 0 saturated heterocycles. The van der Waals surface area contributed by atoms with E-state index >= 15 is 0 Å². The summed E-state index contributed by atoms with van der Waals surface area (Å²) in [5.41, 5.74) is 6.42. The number of pyridine rings is 1. The first-order chi connectivity index (χ1) is 9.60. The Morgan fingerprint density at radius 3 is 2.90 bits per heavy atom. The number of carbonyl (C=O) groups excluding carboxylic acids is 1. The molecule has 0 radical (unpaired) electrons. The fraction of sp³-hybridized carbons (Fsp3) is 0.333. The Labute approximate surface area is 115 Å². The molecule has 0 aliphatic rings. The number of nitrogen functional groups attached to an aromatic ring is 1. The van der Waals surface area contributed by atoms with E-state index in [1.807, 2.05) is 0 Å². The van der Waals surface area contributed by atoms with Gasteiger partial charge in [0, 0.05) is 13.0 Å². The van der Waals surface area contributed by atoms with E-state index in [4.69, 9.17) is 10.3 Å². The molecule has 0 atom stereocenters. The third kappa shape index (κ3) is 3.22. The van der Waals surface area contributed by atoms with Gasteiger partial charge in [-0.15, -0.1) is 0 Å². The molecule has 2 heterocycles. The fourth-order valence-corrected chi connectivity index (χ4v) is 1.56. The second-order valence-electron chi connectivity index (χ2n) is 4.04. The first kappa shape index (κ1) is 13.8. The van der Waals surface area contributed by atoms with Crippen molar-refractivity contribution < 1.29 is 14.1 Å². The van der Waals surface area contributed by atoms with Crippen LogP contribution in [0, 0.1) is 6.92 Å². The van der Waals surface area contributed by atoms with Crippen LogP contribution in [0.2, 0.25) is 0 Å². The van der Waals surface area contributed by atoms with Crippen molar-refractivity contribution in [3.63, 3.8) is 0 Å². The predicted molar refractivity (Wildman–Crippen MR) is 71.2 cm³/mol. The van der Waals surface area contributed by atoms with E-state index in [0.29, 0.717) is 36.2 Å². The molecule has 2 aromatic heterocycles. The number of anilines is 2. The van der Waals surface area contributed by atoms with Crippen molar-refractivity contribution in [2.45, 2.75) is 13.3 Å². The van der Waals surface area contributed by atoms with Crippen LogP contribution in [0.3, 0.4) is 0 Å². The SMILES string of the molecule is COC(=O)c1ccc(N)c(NCCc2nc(C)no2)n1. The van der Waals surface area contributed by atoms with E-state index in [0.717, 1.165) is 0 Å². The standard InChI is InChI=1S/C12H15N5O3/c1-7-15-10(20-17-7)5-6-14-11-8(13)3-4-9(16-11)12(18)19-2/h3-4H,5-6,13H2,1-2H3,(H,14,16). The third-order valence-corrected chi connectivity index (χ3v) is 2.52. The van der Waals surface area contributed by atoms with Gasteiger partial charge in [-0.2, -0.15) is 4.98 Å². The Hall–Kier alpha value is -2.64. The molecule has 0 aliphatic heterocycles. The van der Waals surface area contributed by atoms with Crippen LogP contribution in [0.4, 0.5) is 11.5 Å². The summed E-state index contributed by atoms with van der Waals surface area (Å²) in [5.74, 6) is 1.02. The number of ether oxygens (including phenoxy) is 1. The van der Waals surface area contributed by atoms with Crippen LogP contribution in [-0.4, -0.2) is 34.7 Å². The van der Waals surface area contributed by atoms with E-state index in [1.54, 1.807) is 13.0 Å². The number of aryl methyl sites for hydroxylation is 1. The molecule has 2 aromatic rings. The van der Waals surface area contributed by atoms with E-state index in [-0.39, 0.29) is 5.69 Å². The Morgan fingerprint density at radius 2 is 2.25 bits per heavy atom. The molecule has 0 aliphatic carbocycles. The van der Waals surface area contributed by atoms with Crippen LogP contribution in [0.5, 0.6) is 0 Å². The number of aromatic nitrogens is 3. The molecule has 3 N–H and O–H groups in total. The number of hydrogen-bond acceptors (Lipinski definition) is 8. The highest BCUT2D eigenvalue weighted by atomic mass is 16.5.